The molecule has 0 saturated heterocycles. The molecule has 0 atom stereocenters. The van der Waals surface area contributed by atoms with Crippen LogP contribution in [0, 0.1) is 0 Å². The lowest BCUT2D eigenvalue weighted by Gasteiger charge is -2.03. The molecule has 2 N–H and O–H groups in total. The minimum Gasteiger partial charge on any atom is -0.325 e. The lowest BCUT2D eigenvalue weighted by atomic mass is 10.2. The maximum Gasteiger partial charge on any atom is 0.0918 e. The highest BCUT2D eigenvalue weighted by atomic mass is 15.3. The molecule has 2 aromatic heterocycles. The molecule has 5 nitrogen and oxygen atoms in total. The number of hydrogen-bond acceptors (Lipinski definition) is 3. The summed E-state index contributed by atoms with van der Waals surface area (Å²) in [6.45, 7) is 4.12. The van der Waals surface area contributed by atoms with Gasteiger partial charge in [0.05, 0.1) is 23.4 Å². The van der Waals surface area contributed by atoms with Crippen LogP contribution < -0.4 is 5.73 Å². The molecule has 0 aliphatic heterocycles. The van der Waals surface area contributed by atoms with Crippen molar-refractivity contribution in [2.24, 2.45) is 5.73 Å². The first kappa shape index (κ1) is 11.9. The van der Waals surface area contributed by atoms with E-state index in [-0.39, 0.29) is 0 Å². The number of aromatic nitrogens is 4. The van der Waals surface area contributed by atoms with Gasteiger partial charge in [0.1, 0.15) is 0 Å². The molecule has 19 heavy (non-hydrogen) atoms. The lowest BCUT2D eigenvalue weighted by molar-refractivity contribution is 0.608. The zero-order valence-electron chi connectivity index (χ0n) is 11.0. The minimum absolute atomic E-state index is 0.492. The third-order valence-corrected chi connectivity index (χ3v) is 3.35. The van der Waals surface area contributed by atoms with E-state index in [4.69, 9.17) is 5.73 Å². The predicted molar refractivity (Wildman–Crippen MR) is 74.6 cm³/mol. The molecule has 0 aliphatic carbocycles. The smallest absolute Gasteiger partial charge is 0.0918 e. The predicted octanol–water partition coefficient (Wildman–Crippen LogP) is 1.76. The maximum absolute atomic E-state index is 5.71. The summed E-state index contributed by atoms with van der Waals surface area (Å²) in [6, 6.07) is 10.2. The number of benzene rings is 1. The highest BCUT2D eigenvalue weighted by molar-refractivity contribution is 5.81. The molecule has 0 radical (unpaired) electrons. The maximum atomic E-state index is 5.71. The van der Waals surface area contributed by atoms with E-state index in [0.717, 1.165) is 17.9 Å². The zero-order valence-corrected chi connectivity index (χ0v) is 11.0. The van der Waals surface area contributed by atoms with E-state index in [9.17, 15) is 0 Å². The van der Waals surface area contributed by atoms with E-state index in [0.29, 0.717) is 13.1 Å². The van der Waals surface area contributed by atoms with E-state index in [1.54, 1.807) is 6.20 Å². The van der Waals surface area contributed by atoms with Gasteiger partial charge in [0.15, 0.2) is 0 Å². The fourth-order valence-electron chi connectivity index (χ4n) is 2.37. The summed E-state index contributed by atoms with van der Waals surface area (Å²) in [7, 11) is 0. The van der Waals surface area contributed by atoms with E-state index < -0.39 is 0 Å². The highest BCUT2D eigenvalue weighted by Gasteiger charge is 2.11. The second-order valence-electron chi connectivity index (χ2n) is 4.46. The number of nitrogens with zero attached hydrogens (tertiary/aromatic N) is 4. The Morgan fingerprint density at radius 2 is 2.00 bits per heavy atom. The Hall–Kier alpha value is -2.14. The second kappa shape index (κ2) is 4.85. The van der Waals surface area contributed by atoms with Gasteiger partial charge in [-0.25, -0.2) is 0 Å². The monoisotopic (exact) mass is 255 g/mol. The van der Waals surface area contributed by atoms with E-state index in [2.05, 4.69) is 29.3 Å². The van der Waals surface area contributed by atoms with Crippen LogP contribution in [0.5, 0.6) is 0 Å². The van der Waals surface area contributed by atoms with Gasteiger partial charge in [0.2, 0.25) is 0 Å². The van der Waals surface area contributed by atoms with Crippen LogP contribution in [0.1, 0.15) is 18.3 Å². The van der Waals surface area contributed by atoms with E-state index >= 15 is 0 Å². The first-order valence-electron chi connectivity index (χ1n) is 6.48. The largest absolute Gasteiger partial charge is 0.325 e. The molecule has 0 amide bonds. The molecule has 3 rings (SSSR count). The summed E-state index contributed by atoms with van der Waals surface area (Å²) >= 11 is 0. The van der Waals surface area contributed by atoms with Crippen molar-refractivity contribution in [2.75, 3.05) is 0 Å². The van der Waals surface area contributed by atoms with Crippen molar-refractivity contribution in [1.29, 1.82) is 0 Å². The SMILES string of the molecule is CCn1nc(Cn2nccc2CN)c2ccccc21. The van der Waals surface area contributed by atoms with Crippen LogP contribution in [0.4, 0.5) is 0 Å². The van der Waals surface area contributed by atoms with Crippen LogP contribution in [-0.2, 0) is 19.6 Å². The summed E-state index contributed by atoms with van der Waals surface area (Å²) in [5, 5.41) is 10.2. The van der Waals surface area contributed by atoms with Crippen LogP contribution in [0.2, 0.25) is 0 Å². The number of hydrogen-bond donors (Lipinski definition) is 1. The fraction of sp³-hybridized carbons (Fsp3) is 0.286. The Morgan fingerprint density at radius 3 is 2.79 bits per heavy atom. The van der Waals surface area contributed by atoms with Crippen molar-refractivity contribution in [3.63, 3.8) is 0 Å². The first-order chi connectivity index (χ1) is 9.33. The Morgan fingerprint density at radius 1 is 1.16 bits per heavy atom. The van der Waals surface area contributed by atoms with E-state index in [1.807, 2.05) is 27.6 Å². The molecule has 0 fully saturated rings. The van der Waals surface area contributed by atoms with Crippen molar-refractivity contribution in [3.8, 4) is 0 Å². The highest BCUT2D eigenvalue weighted by Crippen LogP contribution is 2.19. The summed E-state index contributed by atoms with van der Waals surface area (Å²) in [5.74, 6) is 0. The average molecular weight is 255 g/mol. The van der Waals surface area contributed by atoms with Gasteiger partial charge in [-0.3, -0.25) is 9.36 Å². The molecule has 0 unspecified atom stereocenters. The topological polar surface area (TPSA) is 61.7 Å². The van der Waals surface area contributed by atoms with Gasteiger partial charge in [-0.1, -0.05) is 18.2 Å². The number of nitrogens with two attached hydrogens (primary N) is 1. The van der Waals surface area contributed by atoms with Crippen molar-refractivity contribution in [2.45, 2.75) is 26.6 Å². The van der Waals surface area contributed by atoms with Crippen LogP contribution in [0.15, 0.2) is 36.5 Å². The van der Waals surface area contributed by atoms with Crippen molar-refractivity contribution < 1.29 is 0 Å². The molecule has 98 valence electrons. The lowest BCUT2D eigenvalue weighted by Crippen LogP contribution is -2.10. The first-order valence-corrected chi connectivity index (χ1v) is 6.48. The molecular weight excluding hydrogens is 238 g/mol. The third kappa shape index (κ3) is 2.02. The van der Waals surface area contributed by atoms with Gasteiger partial charge < -0.3 is 5.73 Å². The second-order valence-corrected chi connectivity index (χ2v) is 4.46. The summed E-state index contributed by atoms with van der Waals surface area (Å²) in [4.78, 5) is 0. The number of para-hydroxylation sites is 1. The van der Waals surface area contributed by atoms with Gasteiger partial charge >= 0.3 is 0 Å². The van der Waals surface area contributed by atoms with Crippen LogP contribution in [0.3, 0.4) is 0 Å². The third-order valence-electron chi connectivity index (χ3n) is 3.35. The van der Waals surface area contributed by atoms with Gasteiger partial charge in [0.25, 0.3) is 0 Å². The summed E-state index contributed by atoms with van der Waals surface area (Å²) in [6.07, 6.45) is 1.78. The average Bonchev–Trinajstić information content (AvgIpc) is 3.04. The molecular formula is C14H17N5. The van der Waals surface area contributed by atoms with Crippen LogP contribution in [0.25, 0.3) is 10.9 Å². The minimum atomic E-state index is 0.492. The Balaban J connectivity index is 2.06. The van der Waals surface area contributed by atoms with E-state index in [1.165, 1.54) is 10.9 Å². The summed E-state index contributed by atoms with van der Waals surface area (Å²) < 4.78 is 3.94. The molecule has 3 aromatic rings. The van der Waals surface area contributed by atoms with Crippen LogP contribution in [-0.4, -0.2) is 19.6 Å². The number of rotatable bonds is 4. The van der Waals surface area contributed by atoms with Gasteiger partial charge in [0, 0.05) is 24.7 Å². The van der Waals surface area contributed by atoms with Gasteiger partial charge in [-0.15, -0.1) is 0 Å². The van der Waals surface area contributed by atoms with Crippen molar-refractivity contribution in [1.82, 2.24) is 19.6 Å². The van der Waals surface area contributed by atoms with Crippen LogP contribution >= 0.6 is 0 Å². The number of aryl methyl sites for hydroxylation is 1. The van der Waals surface area contributed by atoms with Gasteiger partial charge in [-0.2, -0.15) is 10.2 Å². The standard InChI is InChI=1S/C14H17N5/c1-2-18-14-6-4-3-5-12(14)13(17-18)10-19-11(9-15)7-8-16-19/h3-8H,2,9-10,15H2,1H3. The molecule has 5 heteroatoms. The van der Waals surface area contributed by atoms with Crippen molar-refractivity contribution >= 4 is 10.9 Å². The quantitative estimate of drug-likeness (QED) is 0.772. The fourth-order valence-corrected chi connectivity index (χ4v) is 2.37. The number of fused-ring (bicyclic) bond motifs is 1. The Labute approximate surface area is 111 Å². The van der Waals surface area contributed by atoms with Gasteiger partial charge in [-0.05, 0) is 19.1 Å². The summed E-state index contributed by atoms with van der Waals surface area (Å²) in [5.41, 5.74) is 8.94. The molecule has 0 bridgehead atoms. The molecule has 0 aliphatic rings. The molecule has 2 heterocycles. The van der Waals surface area contributed by atoms with Crippen molar-refractivity contribution in [3.05, 3.63) is 47.9 Å². The zero-order chi connectivity index (χ0) is 13.2. The Kier molecular flexibility index (Phi) is 3.05. The molecule has 0 spiro atoms. The molecule has 1 aromatic carbocycles. The molecule has 0 saturated carbocycles. The normalized spacial score (nSPS) is 11.3. The Bertz CT molecular complexity index is 695.